The molecule has 1 nitrogen and oxygen atoms in total. The van der Waals surface area contributed by atoms with Gasteiger partial charge in [0.15, 0.2) is 0 Å². The molecule has 0 bridgehead atoms. The van der Waals surface area contributed by atoms with Crippen LogP contribution in [-0.2, 0) is 0 Å². The van der Waals surface area contributed by atoms with Gasteiger partial charge < -0.3 is 0 Å². The van der Waals surface area contributed by atoms with Crippen LogP contribution in [0.1, 0.15) is 12.5 Å². The molecule has 1 aliphatic heterocycles. The second-order valence-electron chi connectivity index (χ2n) is 3.63. The first-order valence-corrected chi connectivity index (χ1v) is 7.06. The van der Waals surface area contributed by atoms with E-state index >= 15 is 0 Å². The van der Waals surface area contributed by atoms with Gasteiger partial charge in [0.1, 0.15) is 0 Å². The molecule has 0 radical (unpaired) electrons. The molecule has 1 aromatic rings. The fourth-order valence-corrected chi connectivity index (χ4v) is 3.75. The van der Waals surface area contributed by atoms with E-state index in [0.29, 0.717) is 0 Å². The number of allylic oxidation sites excluding steroid dienone is 3. The Kier molecular flexibility index (Phi) is 3.31. The third-order valence-electron chi connectivity index (χ3n) is 2.23. The summed E-state index contributed by atoms with van der Waals surface area (Å²) in [4.78, 5) is 0. The Morgan fingerprint density at radius 1 is 1.06 bits per heavy atom. The van der Waals surface area contributed by atoms with Gasteiger partial charge in [-0.2, -0.15) is 0 Å². The van der Waals surface area contributed by atoms with Crippen LogP contribution in [-0.4, -0.2) is 21.3 Å². The molecule has 0 saturated heterocycles. The van der Waals surface area contributed by atoms with Crippen molar-refractivity contribution in [3.63, 3.8) is 0 Å². The van der Waals surface area contributed by atoms with Crippen molar-refractivity contribution in [3.8, 4) is 5.75 Å². The zero-order chi connectivity index (χ0) is 12.5. The maximum absolute atomic E-state index is 12.0. The first kappa shape index (κ1) is 12.3. The van der Waals surface area contributed by atoms with Gasteiger partial charge in [-0.3, -0.25) is 0 Å². The van der Waals surface area contributed by atoms with E-state index in [1.807, 2.05) is 6.08 Å². The number of hydrogen-bond donors (Lipinski definition) is 0. The molecule has 0 spiro atoms. The molecule has 0 atom stereocenters. The first-order valence-electron chi connectivity index (χ1n) is 4.96. The van der Waals surface area contributed by atoms with E-state index in [2.05, 4.69) is 17.7 Å². The summed E-state index contributed by atoms with van der Waals surface area (Å²) in [6.07, 6.45) is -0.523. The fraction of sp³-hybridized carbons (Fsp3) is 0.167. The van der Waals surface area contributed by atoms with Crippen LogP contribution in [0.25, 0.3) is 4.47 Å². The van der Waals surface area contributed by atoms with Gasteiger partial charge in [0.2, 0.25) is 0 Å². The number of benzene rings is 1. The Hall–Kier alpha value is -1.19. The molecule has 0 unspecified atom stereocenters. The summed E-state index contributed by atoms with van der Waals surface area (Å²) < 4.78 is 42.3. The van der Waals surface area contributed by atoms with Gasteiger partial charge >= 0.3 is 103 Å². The molecule has 0 N–H and O–H groups in total. The van der Waals surface area contributed by atoms with E-state index in [1.54, 1.807) is 12.1 Å². The molecule has 1 aliphatic rings. The number of hydrogen-bond acceptors (Lipinski definition) is 1. The summed E-state index contributed by atoms with van der Waals surface area (Å²) in [6.45, 7) is 2.07. The Morgan fingerprint density at radius 2 is 1.71 bits per heavy atom. The van der Waals surface area contributed by atoms with Gasteiger partial charge in [0.25, 0.3) is 0 Å². The van der Waals surface area contributed by atoms with Crippen molar-refractivity contribution in [1.82, 2.24) is 0 Å². The average molecular weight is 307 g/mol. The minimum absolute atomic E-state index is 0.176. The van der Waals surface area contributed by atoms with Crippen LogP contribution in [0.15, 0.2) is 40.9 Å². The number of rotatable bonds is 2. The molecule has 0 aliphatic carbocycles. The molecule has 2 rings (SSSR count). The minimum atomic E-state index is -4.62. The van der Waals surface area contributed by atoms with E-state index in [-0.39, 0.29) is 20.7 Å². The van der Waals surface area contributed by atoms with Crippen molar-refractivity contribution in [2.24, 2.45) is 0 Å². The van der Waals surface area contributed by atoms with Crippen molar-refractivity contribution < 1.29 is 17.9 Å². The van der Waals surface area contributed by atoms with Crippen LogP contribution in [0.5, 0.6) is 5.75 Å². The standard InChI is InChI=1S/C12H11F3OSe/c1-8-2-7-11(17-8)9-3-5-10(6-4-9)16-12(13,14)15/h2-7H,17H2,1H3. The predicted molar refractivity (Wildman–Crippen MR) is 63.4 cm³/mol. The van der Waals surface area contributed by atoms with Gasteiger partial charge in [0, 0.05) is 0 Å². The molecule has 17 heavy (non-hydrogen) atoms. The van der Waals surface area contributed by atoms with E-state index in [4.69, 9.17) is 0 Å². The van der Waals surface area contributed by atoms with Gasteiger partial charge in [-0.1, -0.05) is 0 Å². The monoisotopic (exact) mass is 308 g/mol. The normalized spacial score (nSPS) is 17.9. The van der Waals surface area contributed by atoms with Gasteiger partial charge in [-0.05, 0) is 0 Å². The second-order valence-corrected chi connectivity index (χ2v) is 6.94. The molecule has 1 heterocycles. The first-order chi connectivity index (χ1) is 7.94. The maximum atomic E-state index is 12.0. The van der Waals surface area contributed by atoms with Crippen LogP contribution in [0.2, 0.25) is 0 Å². The molecule has 1 aromatic carbocycles. The summed E-state index contributed by atoms with van der Waals surface area (Å²) in [6, 6.07) is 6.04. The zero-order valence-corrected chi connectivity index (χ0v) is 11.1. The Balaban J connectivity index is 2.09. The van der Waals surface area contributed by atoms with Crippen molar-refractivity contribution in [1.29, 1.82) is 0 Å². The van der Waals surface area contributed by atoms with Crippen molar-refractivity contribution >= 4 is 19.4 Å². The molecule has 92 valence electrons. The second kappa shape index (κ2) is 4.59. The summed E-state index contributed by atoms with van der Waals surface area (Å²) >= 11 is -0.278. The predicted octanol–water partition coefficient (Wildman–Crippen LogP) is 3.01. The molecule has 0 fully saturated rings. The molecule has 0 saturated carbocycles. The number of halogens is 3. The Morgan fingerprint density at radius 3 is 2.18 bits per heavy atom. The van der Waals surface area contributed by atoms with Crippen LogP contribution < -0.4 is 4.74 Å². The molecule has 0 amide bonds. The van der Waals surface area contributed by atoms with Crippen LogP contribution in [0.4, 0.5) is 13.2 Å². The third-order valence-corrected chi connectivity index (χ3v) is 4.93. The quantitative estimate of drug-likeness (QED) is 0.763. The van der Waals surface area contributed by atoms with E-state index in [0.717, 1.165) is 5.56 Å². The topological polar surface area (TPSA) is 9.23 Å². The Bertz CT molecular complexity index is 472. The molecule has 0 aromatic heterocycles. The third kappa shape index (κ3) is 3.38. The SMILES string of the molecule is CC1=CC=C(c2ccc(OC(F)(F)F)cc2)[SeH2]1. The fourth-order valence-electron chi connectivity index (χ4n) is 1.51. The van der Waals surface area contributed by atoms with Gasteiger partial charge in [-0.25, -0.2) is 0 Å². The van der Waals surface area contributed by atoms with Crippen LogP contribution >= 0.6 is 0 Å². The molecular weight excluding hydrogens is 296 g/mol. The summed E-state index contributed by atoms with van der Waals surface area (Å²) in [7, 11) is 0. The van der Waals surface area contributed by atoms with Crippen molar-refractivity contribution in [2.45, 2.75) is 13.3 Å². The summed E-state index contributed by atoms with van der Waals surface area (Å²) in [5.74, 6) is -0.176. The molecule has 5 heteroatoms. The number of ether oxygens (including phenoxy) is 1. The summed E-state index contributed by atoms with van der Waals surface area (Å²) in [5, 5.41) is 0. The average Bonchev–Trinajstić information content (AvgIpc) is 2.63. The summed E-state index contributed by atoms with van der Waals surface area (Å²) in [5.41, 5.74) is 0.979. The van der Waals surface area contributed by atoms with Crippen LogP contribution in [0.3, 0.4) is 0 Å². The Labute approximate surface area is 103 Å². The van der Waals surface area contributed by atoms with Gasteiger partial charge in [0.05, 0.1) is 0 Å². The zero-order valence-electron chi connectivity index (χ0n) is 9.01. The van der Waals surface area contributed by atoms with E-state index < -0.39 is 6.36 Å². The van der Waals surface area contributed by atoms with E-state index in [9.17, 15) is 13.2 Å². The van der Waals surface area contributed by atoms with Crippen molar-refractivity contribution in [2.75, 3.05) is 0 Å². The van der Waals surface area contributed by atoms with Crippen LogP contribution in [0, 0.1) is 0 Å². The van der Waals surface area contributed by atoms with Gasteiger partial charge in [-0.15, -0.1) is 0 Å². The van der Waals surface area contributed by atoms with Crippen molar-refractivity contribution in [3.05, 3.63) is 46.5 Å². The molecular formula is C12H11F3OSe. The number of alkyl halides is 3. The van der Waals surface area contributed by atoms with E-state index in [1.165, 1.54) is 21.1 Å².